The zero-order valence-corrected chi connectivity index (χ0v) is 17.7. The van der Waals surface area contributed by atoms with Gasteiger partial charge in [-0.25, -0.2) is 0 Å². The molecule has 32 heavy (non-hydrogen) atoms. The van der Waals surface area contributed by atoms with Crippen LogP contribution in [0.25, 0.3) is 0 Å². The number of benzene rings is 2. The third-order valence-electron chi connectivity index (χ3n) is 5.91. The monoisotopic (exact) mass is 438 g/mol. The first kappa shape index (κ1) is 21.8. The van der Waals surface area contributed by atoms with Gasteiger partial charge in [0, 0.05) is 31.3 Å². The van der Waals surface area contributed by atoms with E-state index in [0.717, 1.165) is 32.4 Å². The minimum absolute atomic E-state index is 0.161. The molecule has 0 saturated carbocycles. The zero-order chi connectivity index (χ0) is 22.5. The molecule has 1 N–H and O–H groups in total. The van der Waals surface area contributed by atoms with Gasteiger partial charge in [0.2, 0.25) is 5.91 Å². The number of nitrogens with one attached hydrogen (secondary N) is 1. The fraction of sp³-hybridized carbons (Fsp3) is 0.391. The van der Waals surface area contributed by atoms with Crippen molar-refractivity contribution in [3.63, 3.8) is 0 Å². The number of carbonyl (C=O) groups is 2. The number of nitrogens with zero attached hydrogens (tertiary/aromatic N) is 3. The number of non-ortho nitro benzene ring substituents is 1. The molecular weight excluding hydrogens is 412 g/mol. The molecule has 0 spiro atoms. The molecule has 2 heterocycles. The fourth-order valence-electron chi connectivity index (χ4n) is 4.23. The number of amides is 2. The highest BCUT2D eigenvalue weighted by atomic mass is 16.6. The van der Waals surface area contributed by atoms with E-state index >= 15 is 0 Å². The number of hydrogen-bond acceptors (Lipinski definition) is 6. The molecule has 0 bridgehead atoms. The predicted octanol–water partition coefficient (Wildman–Crippen LogP) is 2.49. The van der Waals surface area contributed by atoms with Crippen LogP contribution in [0.2, 0.25) is 0 Å². The Hall–Kier alpha value is -3.46. The first-order chi connectivity index (χ1) is 15.5. The Morgan fingerprint density at radius 3 is 2.78 bits per heavy atom. The van der Waals surface area contributed by atoms with E-state index in [2.05, 4.69) is 22.3 Å². The Labute approximate surface area is 186 Å². The van der Waals surface area contributed by atoms with Gasteiger partial charge in [0.15, 0.2) is 6.61 Å². The van der Waals surface area contributed by atoms with Gasteiger partial charge in [-0.05, 0) is 31.0 Å². The van der Waals surface area contributed by atoms with Crippen LogP contribution >= 0.6 is 0 Å². The Morgan fingerprint density at radius 1 is 1.19 bits per heavy atom. The van der Waals surface area contributed by atoms with Gasteiger partial charge in [0.1, 0.15) is 12.3 Å². The number of nitro groups is 1. The lowest BCUT2D eigenvalue weighted by molar-refractivity contribution is -0.384. The van der Waals surface area contributed by atoms with Crippen LogP contribution in [0.15, 0.2) is 48.5 Å². The van der Waals surface area contributed by atoms with Gasteiger partial charge in [0.05, 0.1) is 10.6 Å². The van der Waals surface area contributed by atoms with Gasteiger partial charge < -0.3 is 10.1 Å². The number of fused-ring (bicyclic) bond motifs is 1. The van der Waals surface area contributed by atoms with E-state index in [0.29, 0.717) is 12.3 Å². The summed E-state index contributed by atoms with van der Waals surface area (Å²) in [7, 11) is 0. The van der Waals surface area contributed by atoms with Gasteiger partial charge in [-0.3, -0.25) is 29.5 Å². The highest BCUT2D eigenvalue weighted by molar-refractivity contribution is 6.02. The van der Waals surface area contributed by atoms with Crippen LogP contribution < -0.4 is 15.0 Å². The van der Waals surface area contributed by atoms with Gasteiger partial charge >= 0.3 is 0 Å². The molecule has 4 rings (SSSR count). The summed E-state index contributed by atoms with van der Waals surface area (Å²) in [5.74, 6) is -0.358. The van der Waals surface area contributed by atoms with Crippen LogP contribution in [0.4, 0.5) is 11.4 Å². The quantitative estimate of drug-likeness (QED) is 0.526. The normalized spacial score (nSPS) is 18.6. The van der Waals surface area contributed by atoms with Crippen molar-refractivity contribution in [3.05, 3.63) is 64.2 Å². The van der Waals surface area contributed by atoms with Gasteiger partial charge in [-0.2, -0.15) is 0 Å². The molecule has 2 amide bonds. The number of ether oxygens (including phenoxy) is 1. The van der Waals surface area contributed by atoms with E-state index < -0.39 is 10.8 Å². The zero-order valence-electron chi connectivity index (χ0n) is 17.7. The lowest BCUT2D eigenvalue weighted by atomic mass is 10.0. The molecule has 2 aromatic rings. The first-order valence-corrected chi connectivity index (χ1v) is 10.8. The molecular formula is C23H26N4O5. The summed E-state index contributed by atoms with van der Waals surface area (Å²) in [6.45, 7) is 1.90. The van der Waals surface area contributed by atoms with E-state index in [1.807, 2.05) is 18.2 Å². The molecule has 1 saturated heterocycles. The molecule has 9 heteroatoms. The lowest BCUT2D eigenvalue weighted by Crippen LogP contribution is -2.49. The lowest BCUT2D eigenvalue weighted by Gasteiger charge is -2.36. The third-order valence-corrected chi connectivity index (χ3v) is 5.91. The van der Waals surface area contributed by atoms with Gasteiger partial charge in [-0.1, -0.05) is 36.8 Å². The molecule has 168 valence electrons. The topological polar surface area (TPSA) is 105 Å². The second kappa shape index (κ2) is 9.78. The number of anilines is 1. The van der Waals surface area contributed by atoms with E-state index in [1.165, 1.54) is 28.7 Å². The van der Waals surface area contributed by atoms with E-state index in [4.69, 9.17) is 4.74 Å². The SMILES string of the molecule is O=C(CN1C(=O)COc2ccc([N+](=O)[O-])cc21)NCC1CCCCN1Cc1ccccc1. The molecule has 1 fully saturated rings. The van der Waals surface area contributed by atoms with Crippen LogP contribution in [0, 0.1) is 10.1 Å². The Kier molecular flexibility index (Phi) is 6.65. The summed E-state index contributed by atoms with van der Waals surface area (Å²) in [5.41, 5.74) is 1.32. The fourth-order valence-corrected chi connectivity index (χ4v) is 4.23. The summed E-state index contributed by atoms with van der Waals surface area (Å²) in [6, 6.07) is 14.5. The van der Waals surface area contributed by atoms with E-state index in [9.17, 15) is 19.7 Å². The highest BCUT2D eigenvalue weighted by Gasteiger charge is 2.30. The maximum atomic E-state index is 12.7. The summed E-state index contributed by atoms with van der Waals surface area (Å²) in [4.78, 5) is 39.3. The standard InChI is InChI=1S/C23H26N4O5/c28-22(15-26-20-12-18(27(30)31)9-10-21(20)32-16-23(26)29)24-13-19-8-4-5-11-25(19)14-17-6-2-1-3-7-17/h1-3,6-7,9-10,12,19H,4-5,8,11,13-16H2,(H,24,28). The summed E-state index contributed by atoms with van der Waals surface area (Å²) in [5, 5.41) is 14.1. The Bertz CT molecular complexity index is 997. The molecule has 2 aromatic carbocycles. The highest BCUT2D eigenvalue weighted by Crippen LogP contribution is 2.35. The van der Waals surface area contributed by atoms with E-state index in [1.54, 1.807) is 0 Å². The maximum Gasteiger partial charge on any atom is 0.271 e. The van der Waals surface area contributed by atoms with Crippen molar-refractivity contribution >= 4 is 23.2 Å². The number of rotatable bonds is 7. The Balaban J connectivity index is 1.38. The number of nitro benzene ring substituents is 1. The molecule has 0 aliphatic carbocycles. The summed E-state index contributed by atoms with van der Waals surface area (Å²) in [6.07, 6.45) is 3.25. The van der Waals surface area contributed by atoms with Crippen LogP contribution in [0.5, 0.6) is 5.75 Å². The molecule has 9 nitrogen and oxygen atoms in total. The number of likely N-dealkylation sites (tertiary alicyclic amines) is 1. The summed E-state index contributed by atoms with van der Waals surface area (Å²) < 4.78 is 5.36. The molecule has 1 atom stereocenters. The van der Waals surface area contributed by atoms with Crippen molar-refractivity contribution in [2.45, 2.75) is 31.8 Å². The number of carbonyl (C=O) groups excluding carboxylic acids is 2. The first-order valence-electron chi connectivity index (χ1n) is 10.8. The predicted molar refractivity (Wildman–Crippen MR) is 118 cm³/mol. The van der Waals surface area contributed by atoms with Crippen molar-refractivity contribution in [2.75, 3.05) is 31.1 Å². The van der Waals surface area contributed by atoms with Crippen molar-refractivity contribution < 1.29 is 19.2 Å². The third kappa shape index (κ3) is 5.05. The molecule has 0 radical (unpaired) electrons. The van der Waals surface area contributed by atoms with Crippen molar-refractivity contribution in [1.82, 2.24) is 10.2 Å². The average Bonchev–Trinajstić information content (AvgIpc) is 2.80. The van der Waals surface area contributed by atoms with E-state index in [-0.39, 0.29) is 36.5 Å². The number of hydrogen-bond donors (Lipinski definition) is 1. The van der Waals surface area contributed by atoms with Gasteiger partial charge in [-0.15, -0.1) is 0 Å². The molecule has 2 aliphatic rings. The minimum Gasteiger partial charge on any atom is -0.482 e. The number of piperidine rings is 1. The summed E-state index contributed by atoms with van der Waals surface area (Å²) >= 11 is 0. The largest absolute Gasteiger partial charge is 0.482 e. The molecule has 1 unspecified atom stereocenters. The average molecular weight is 438 g/mol. The van der Waals surface area contributed by atoms with Crippen molar-refractivity contribution in [1.29, 1.82) is 0 Å². The van der Waals surface area contributed by atoms with Gasteiger partial charge in [0.25, 0.3) is 11.6 Å². The second-order valence-corrected chi connectivity index (χ2v) is 8.09. The van der Waals surface area contributed by atoms with Crippen LogP contribution in [0.3, 0.4) is 0 Å². The van der Waals surface area contributed by atoms with Crippen molar-refractivity contribution in [3.8, 4) is 5.75 Å². The van der Waals surface area contributed by atoms with Crippen LogP contribution in [-0.4, -0.2) is 53.9 Å². The van der Waals surface area contributed by atoms with Crippen LogP contribution in [0.1, 0.15) is 24.8 Å². The smallest absolute Gasteiger partial charge is 0.271 e. The van der Waals surface area contributed by atoms with Crippen LogP contribution in [-0.2, 0) is 16.1 Å². The van der Waals surface area contributed by atoms with Crippen molar-refractivity contribution in [2.24, 2.45) is 0 Å². The molecule has 2 aliphatic heterocycles. The maximum absolute atomic E-state index is 12.7. The molecule has 0 aromatic heterocycles. The minimum atomic E-state index is -0.540. The Morgan fingerprint density at radius 2 is 2.00 bits per heavy atom. The second-order valence-electron chi connectivity index (χ2n) is 8.09.